The maximum atomic E-state index is 11.0. The summed E-state index contributed by atoms with van der Waals surface area (Å²) >= 11 is 6.08. The summed E-state index contributed by atoms with van der Waals surface area (Å²) in [4.78, 5) is 11.0. The molecule has 0 spiro atoms. The van der Waals surface area contributed by atoms with E-state index in [0.717, 1.165) is 11.1 Å². The average molecular weight is 243 g/mol. The first-order valence-electron chi connectivity index (χ1n) is 5.01. The third-order valence-electron chi connectivity index (χ3n) is 2.60. The fraction of sp³-hybridized carbons (Fsp3) is 0.417. The number of halogens is 1. The molecule has 0 saturated heterocycles. The maximum Gasteiger partial charge on any atom is 0.305 e. The summed E-state index contributed by atoms with van der Waals surface area (Å²) in [6, 6.07) is 1.61. The number of esters is 1. The quantitative estimate of drug-likeness (QED) is 0.829. The van der Waals surface area contributed by atoms with E-state index in [1.165, 1.54) is 7.11 Å². The molecule has 4 heteroatoms. The molecule has 1 aromatic rings. The predicted molar refractivity (Wildman–Crippen MR) is 62.9 cm³/mol. The minimum atomic E-state index is -0.296. The van der Waals surface area contributed by atoms with Crippen LogP contribution in [0.3, 0.4) is 0 Å². The molecule has 0 aliphatic carbocycles. The molecule has 88 valence electrons. The lowest BCUT2D eigenvalue weighted by molar-refractivity contribution is -0.140. The third kappa shape index (κ3) is 2.67. The first-order valence-corrected chi connectivity index (χ1v) is 5.39. The number of carbonyl (C=O) groups excluding carboxylic acids is 1. The van der Waals surface area contributed by atoms with Crippen LogP contribution in [0.5, 0.6) is 5.75 Å². The standard InChI is InChI=1S/C12H15ClO3/c1-7-6-10(14)9(8(2)12(7)13)4-5-11(15)16-3/h6,14H,4-5H2,1-3H3. The predicted octanol–water partition coefficient (Wildman–Crippen LogP) is 2.77. The fourth-order valence-electron chi connectivity index (χ4n) is 1.62. The second kappa shape index (κ2) is 5.21. The fourth-order valence-corrected chi connectivity index (χ4v) is 1.79. The summed E-state index contributed by atoms with van der Waals surface area (Å²) in [6.07, 6.45) is 0.675. The summed E-state index contributed by atoms with van der Waals surface area (Å²) in [7, 11) is 1.34. The van der Waals surface area contributed by atoms with Crippen LogP contribution in [0.1, 0.15) is 23.1 Å². The van der Waals surface area contributed by atoms with Gasteiger partial charge in [0.25, 0.3) is 0 Å². The number of aromatic hydroxyl groups is 1. The van der Waals surface area contributed by atoms with Gasteiger partial charge in [-0.3, -0.25) is 4.79 Å². The van der Waals surface area contributed by atoms with Gasteiger partial charge in [0.15, 0.2) is 0 Å². The first kappa shape index (κ1) is 12.8. The van der Waals surface area contributed by atoms with Gasteiger partial charge in [-0.2, -0.15) is 0 Å². The Bertz CT molecular complexity index is 413. The highest BCUT2D eigenvalue weighted by atomic mass is 35.5. The molecule has 0 aliphatic rings. The van der Waals surface area contributed by atoms with Crippen LogP contribution in [-0.4, -0.2) is 18.2 Å². The van der Waals surface area contributed by atoms with Gasteiger partial charge in [0, 0.05) is 11.4 Å². The van der Waals surface area contributed by atoms with Crippen LogP contribution in [0.25, 0.3) is 0 Å². The Hall–Kier alpha value is -1.22. The van der Waals surface area contributed by atoms with Crippen molar-refractivity contribution in [3.63, 3.8) is 0 Å². The topological polar surface area (TPSA) is 46.5 Å². The number of phenols is 1. The molecular formula is C12H15ClO3. The van der Waals surface area contributed by atoms with E-state index in [4.69, 9.17) is 11.6 Å². The van der Waals surface area contributed by atoms with Crippen LogP contribution in [0, 0.1) is 13.8 Å². The highest BCUT2D eigenvalue weighted by molar-refractivity contribution is 6.32. The summed E-state index contributed by atoms with van der Waals surface area (Å²) in [5, 5.41) is 10.4. The molecule has 0 atom stereocenters. The molecule has 0 amide bonds. The first-order chi connectivity index (χ1) is 7.47. The lowest BCUT2D eigenvalue weighted by Crippen LogP contribution is -2.03. The Morgan fingerprint density at radius 3 is 2.69 bits per heavy atom. The van der Waals surface area contributed by atoms with Crippen LogP contribution in [0.2, 0.25) is 5.02 Å². The van der Waals surface area contributed by atoms with E-state index in [0.29, 0.717) is 17.0 Å². The number of aryl methyl sites for hydroxylation is 1. The summed E-state index contributed by atoms with van der Waals surface area (Å²) < 4.78 is 4.55. The van der Waals surface area contributed by atoms with E-state index in [9.17, 15) is 9.90 Å². The number of carbonyl (C=O) groups is 1. The van der Waals surface area contributed by atoms with Crippen molar-refractivity contribution in [1.29, 1.82) is 0 Å². The SMILES string of the molecule is COC(=O)CCc1c(O)cc(C)c(Cl)c1C. The van der Waals surface area contributed by atoms with Crippen molar-refractivity contribution in [1.82, 2.24) is 0 Å². The minimum absolute atomic E-state index is 0.184. The van der Waals surface area contributed by atoms with E-state index >= 15 is 0 Å². The Kier molecular flexibility index (Phi) is 4.19. The monoisotopic (exact) mass is 242 g/mol. The molecule has 0 radical (unpaired) electrons. The average Bonchev–Trinajstić information content (AvgIpc) is 2.25. The molecule has 1 rings (SSSR count). The molecule has 0 saturated carbocycles. The summed E-state index contributed by atoms with van der Waals surface area (Å²) in [5.41, 5.74) is 2.36. The number of phenolic OH excluding ortho intramolecular Hbond substituents is 1. The van der Waals surface area contributed by atoms with Crippen molar-refractivity contribution in [3.8, 4) is 5.75 Å². The summed E-state index contributed by atoms with van der Waals surface area (Å²) in [5.74, 6) is -0.112. The molecule has 0 fully saturated rings. The number of ether oxygens (including phenoxy) is 1. The van der Waals surface area contributed by atoms with Crippen LogP contribution in [0.15, 0.2) is 6.07 Å². The van der Waals surface area contributed by atoms with Crippen molar-refractivity contribution in [2.75, 3.05) is 7.11 Å². The van der Waals surface area contributed by atoms with Crippen molar-refractivity contribution in [3.05, 3.63) is 27.8 Å². The lowest BCUT2D eigenvalue weighted by Gasteiger charge is -2.11. The van der Waals surface area contributed by atoms with Gasteiger partial charge in [0.2, 0.25) is 0 Å². The molecule has 0 aliphatic heterocycles. The molecule has 0 heterocycles. The molecule has 3 nitrogen and oxygen atoms in total. The Labute approximate surface area is 100.0 Å². The van der Waals surface area contributed by atoms with Crippen molar-refractivity contribution in [2.45, 2.75) is 26.7 Å². The largest absolute Gasteiger partial charge is 0.508 e. The van der Waals surface area contributed by atoms with Gasteiger partial charge in [-0.05, 0) is 43.0 Å². The third-order valence-corrected chi connectivity index (χ3v) is 3.18. The minimum Gasteiger partial charge on any atom is -0.508 e. The van der Waals surface area contributed by atoms with Crippen LogP contribution >= 0.6 is 11.6 Å². The van der Waals surface area contributed by atoms with E-state index < -0.39 is 0 Å². The van der Waals surface area contributed by atoms with Gasteiger partial charge >= 0.3 is 5.97 Å². The molecule has 1 N–H and O–H groups in total. The van der Waals surface area contributed by atoms with Gasteiger partial charge in [0.1, 0.15) is 5.75 Å². The van der Waals surface area contributed by atoms with Crippen molar-refractivity contribution < 1.29 is 14.6 Å². The van der Waals surface area contributed by atoms with Gasteiger partial charge in [0.05, 0.1) is 7.11 Å². The molecule has 16 heavy (non-hydrogen) atoms. The molecule has 1 aromatic carbocycles. The van der Waals surface area contributed by atoms with Gasteiger partial charge in [-0.25, -0.2) is 0 Å². The van der Waals surface area contributed by atoms with E-state index in [1.54, 1.807) is 6.07 Å². The van der Waals surface area contributed by atoms with E-state index in [2.05, 4.69) is 4.74 Å². The van der Waals surface area contributed by atoms with Crippen LogP contribution in [0.4, 0.5) is 0 Å². The van der Waals surface area contributed by atoms with E-state index in [1.807, 2.05) is 13.8 Å². The molecule has 0 bridgehead atoms. The second-order valence-electron chi connectivity index (χ2n) is 3.71. The number of rotatable bonds is 3. The van der Waals surface area contributed by atoms with Gasteiger partial charge < -0.3 is 9.84 Å². The van der Waals surface area contributed by atoms with Crippen LogP contribution < -0.4 is 0 Å². The molecule has 0 unspecified atom stereocenters. The highest BCUT2D eigenvalue weighted by Crippen LogP contribution is 2.31. The number of benzene rings is 1. The normalized spacial score (nSPS) is 10.2. The number of hydrogen-bond acceptors (Lipinski definition) is 3. The Morgan fingerprint density at radius 2 is 2.12 bits per heavy atom. The van der Waals surface area contributed by atoms with Gasteiger partial charge in [-0.15, -0.1) is 0 Å². The van der Waals surface area contributed by atoms with Crippen molar-refractivity contribution >= 4 is 17.6 Å². The van der Waals surface area contributed by atoms with Crippen LogP contribution in [-0.2, 0) is 16.0 Å². The maximum absolute atomic E-state index is 11.0. The lowest BCUT2D eigenvalue weighted by atomic mass is 10.00. The number of hydrogen-bond donors (Lipinski definition) is 1. The summed E-state index contributed by atoms with van der Waals surface area (Å²) in [6.45, 7) is 3.67. The smallest absolute Gasteiger partial charge is 0.305 e. The zero-order chi connectivity index (χ0) is 12.3. The Morgan fingerprint density at radius 1 is 1.50 bits per heavy atom. The van der Waals surface area contributed by atoms with Crippen molar-refractivity contribution in [2.24, 2.45) is 0 Å². The number of methoxy groups -OCH3 is 1. The zero-order valence-electron chi connectivity index (χ0n) is 9.63. The van der Waals surface area contributed by atoms with Gasteiger partial charge in [-0.1, -0.05) is 11.6 Å². The molecular weight excluding hydrogens is 228 g/mol. The zero-order valence-corrected chi connectivity index (χ0v) is 10.4. The highest BCUT2D eigenvalue weighted by Gasteiger charge is 2.12. The Balaban J connectivity index is 2.96. The second-order valence-corrected chi connectivity index (χ2v) is 4.08. The van der Waals surface area contributed by atoms with E-state index in [-0.39, 0.29) is 18.1 Å². The molecule has 0 aromatic heterocycles.